The number of rotatable bonds is 32. The molecule has 0 unspecified atom stereocenters. The predicted molar refractivity (Wildman–Crippen MR) is 208 cm³/mol. The van der Waals surface area contributed by atoms with Crippen LogP contribution in [0.5, 0.6) is 0 Å². The molecular weight excluding hydrogens is 609 g/mol. The maximum Gasteiger partial charge on any atom is 0.0552 e. The van der Waals surface area contributed by atoms with E-state index in [1.807, 2.05) is 23.5 Å². The van der Waals surface area contributed by atoms with Crippen LogP contribution in [0.25, 0.3) is 0 Å². The molecule has 0 saturated carbocycles. The molecule has 2 aromatic rings. The number of thioether (sulfide) groups is 3. The lowest BCUT2D eigenvalue weighted by atomic mass is 10.0. The van der Waals surface area contributed by atoms with Gasteiger partial charge in [-0.2, -0.15) is 35.3 Å². The van der Waals surface area contributed by atoms with E-state index in [0.29, 0.717) is 0 Å². The summed E-state index contributed by atoms with van der Waals surface area (Å²) in [7, 11) is 3.56. The van der Waals surface area contributed by atoms with Gasteiger partial charge in [-0.15, -0.1) is 0 Å². The summed E-state index contributed by atoms with van der Waals surface area (Å²) in [6.07, 6.45) is 24.5. The Kier molecular flexibility index (Phi) is 27.7. The highest BCUT2D eigenvalue weighted by atomic mass is 32.2. The zero-order chi connectivity index (χ0) is 31.9. The molecule has 0 aliphatic heterocycles. The number of benzene rings is 2. The summed E-state index contributed by atoms with van der Waals surface area (Å²) >= 11 is 6.17. The van der Waals surface area contributed by atoms with E-state index in [0.717, 1.165) is 24.7 Å². The van der Waals surface area contributed by atoms with E-state index in [1.54, 1.807) is 14.2 Å². The fourth-order valence-corrected chi connectivity index (χ4v) is 8.31. The Bertz CT molecular complexity index is 814. The minimum atomic E-state index is 0.859. The third-order valence-corrected chi connectivity index (χ3v) is 11.5. The number of hydrogen-bond acceptors (Lipinski definition) is 5. The van der Waals surface area contributed by atoms with E-state index >= 15 is 0 Å². The fourth-order valence-electron chi connectivity index (χ4n) is 5.55. The summed E-state index contributed by atoms with van der Waals surface area (Å²) in [6, 6.07) is 18.7. The molecule has 0 spiro atoms. The number of aryl methyl sites for hydroxylation is 4. The fraction of sp³-hybridized carbons (Fsp3) is 0.700. The minimum Gasteiger partial charge on any atom is -0.384 e. The van der Waals surface area contributed by atoms with Gasteiger partial charge in [0, 0.05) is 25.7 Å². The largest absolute Gasteiger partial charge is 0.384 e. The molecule has 0 saturated heterocycles. The quantitative estimate of drug-likeness (QED) is 0.0717. The van der Waals surface area contributed by atoms with Crippen molar-refractivity contribution in [3.8, 4) is 0 Å². The van der Waals surface area contributed by atoms with Gasteiger partial charge in [-0.3, -0.25) is 0 Å². The molecular formula is C40H66O2S3. The molecule has 0 atom stereocenters. The summed E-state index contributed by atoms with van der Waals surface area (Å²) in [6.45, 7) is 1.72. The predicted octanol–water partition coefficient (Wildman–Crippen LogP) is 11.5. The van der Waals surface area contributed by atoms with Gasteiger partial charge in [0.2, 0.25) is 0 Å². The summed E-state index contributed by atoms with van der Waals surface area (Å²) in [5, 5.41) is 0. The number of ether oxygens (including phenoxy) is 2. The second-order valence-electron chi connectivity index (χ2n) is 12.4. The standard InChI is InChI=1S/C40H66O2S3/c1-41-29-35-44-33-27-39-23-19-37(20-24-39)17-13-9-5-3-7-11-15-31-43-32-16-12-8-4-6-10-14-18-38-21-25-40(26-22-38)28-34-45-36-30-42-2/h19-26H,3-18,27-36H2,1-2H3. The average molecular weight is 675 g/mol. The van der Waals surface area contributed by atoms with Crippen molar-refractivity contribution in [3.63, 3.8) is 0 Å². The van der Waals surface area contributed by atoms with Crippen molar-refractivity contribution in [2.24, 2.45) is 0 Å². The number of hydrogen-bond donors (Lipinski definition) is 0. The molecule has 0 aliphatic carbocycles. The van der Waals surface area contributed by atoms with Crippen molar-refractivity contribution in [1.29, 1.82) is 0 Å². The summed E-state index contributed by atoms with van der Waals surface area (Å²) in [5.74, 6) is 7.32. The van der Waals surface area contributed by atoms with Crippen LogP contribution in [0.2, 0.25) is 0 Å². The first-order valence-electron chi connectivity index (χ1n) is 18.2. The third-order valence-electron chi connectivity index (χ3n) is 8.49. The highest BCUT2D eigenvalue weighted by Gasteiger charge is 2.00. The summed E-state index contributed by atoms with van der Waals surface area (Å²) in [4.78, 5) is 0. The molecule has 0 amide bonds. The van der Waals surface area contributed by atoms with Crippen LogP contribution in [0.1, 0.15) is 112 Å². The van der Waals surface area contributed by atoms with Crippen LogP contribution < -0.4 is 0 Å². The lowest BCUT2D eigenvalue weighted by Gasteiger charge is -2.06. The Labute approximate surface area is 291 Å². The van der Waals surface area contributed by atoms with E-state index in [2.05, 4.69) is 60.3 Å². The van der Waals surface area contributed by atoms with Gasteiger partial charge in [0.05, 0.1) is 13.2 Å². The molecule has 2 nitrogen and oxygen atoms in total. The summed E-state index contributed by atoms with van der Waals surface area (Å²) in [5.41, 5.74) is 5.96. The van der Waals surface area contributed by atoms with Crippen molar-refractivity contribution >= 4 is 35.3 Å². The van der Waals surface area contributed by atoms with Crippen LogP contribution in [-0.2, 0) is 35.2 Å². The molecule has 0 aromatic heterocycles. The number of methoxy groups -OCH3 is 2. The van der Waals surface area contributed by atoms with Crippen molar-refractivity contribution in [2.75, 3.05) is 62.0 Å². The van der Waals surface area contributed by atoms with Crippen LogP contribution in [0, 0.1) is 0 Å². The van der Waals surface area contributed by atoms with Gasteiger partial charge in [-0.1, -0.05) is 113 Å². The highest BCUT2D eigenvalue weighted by molar-refractivity contribution is 7.99. The molecule has 2 rings (SSSR count). The van der Waals surface area contributed by atoms with Crippen molar-refractivity contribution in [1.82, 2.24) is 0 Å². The highest BCUT2D eigenvalue weighted by Crippen LogP contribution is 2.17. The SMILES string of the molecule is COCCSCCc1ccc(CCCCCCCCCSCCCCCCCCCc2ccc(CCSCCOC)cc2)cc1. The van der Waals surface area contributed by atoms with Crippen LogP contribution in [0.15, 0.2) is 48.5 Å². The monoisotopic (exact) mass is 674 g/mol. The van der Waals surface area contributed by atoms with Gasteiger partial charge in [0.25, 0.3) is 0 Å². The third kappa shape index (κ3) is 24.2. The van der Waals surface area contributed by atoms with E-state index in [4.69, 9.17) is 9.47 Å². The normalized spacial score (nSPS) is 11.4. The second-order valence-corrected chi connectivity index (χ2v) is 16.1. The molecule has 0 N–H and O–H groups in total. The second kappa shape index (κ2) is 30.7. The van der Waals surface area contributed by atoms with Gasteiger partial charge in [-0.25, -0.2) is 0 Å². The topological polar surface area (TPSA) is 18.5 Å². The first-order valence-corrected chi connectivity index (χ1v) is 21.6. The molecule has 45 heavy (non-hydrogen) atoms. The van der Waals surface area contributed by atoms with Gasteiger partial charge >= 0.3 is 0 Å². The molecule has 0 radical (unpaired) electrons. The van der Waals surface area contributed by atoms with Crippen molar-refractivity contribution in [2.45, 2.75) is 116 Å². The van der Waals surface area contributed by atoms with Crippen molar-refractivity contribution in [3.05, 3.63) is 70.8 Å². The van der Waals surface area contributed by atoms with E-state index in [-0.39, 0.29) is 0 Å². The lowest BCUT2D eigenvalue weighted by Crippen LogP contribution is -1.95. The van der Waals surface area contributed by atoms with Crippen LogP contribution in [-0.4, -0.2) is 62.0 Å². The van der Waals surface area contributed by atoms with Crippen LogP contribution in [0.3, 0.4) is 0 Å². The lowest BCUT2D eigenvalue weighted by molar-refractivity contribution is 0.218. The Hall–Kier alpha value is -0.590. The maximum absolute atomic E-state index is 5.12. The molecule has 0 aliphatic rings. The zero-order valence-corrected chi connectivity index (χ0v) is 31.5. The Balaban J connectivity index is 1.27. The van der Waals surface area contributed by atoms with Gasteiger partial charge in [0.15, 0.2) is 0 Å². The number of unbranched alkanes of at least 4 members (excludes halogenated alkanes) is 12. The molecule has 2 aromatic carbocycles. The van der Waals surface area contributed by atoms with E-state index in [1.165, 1.54) is 161 Å². The minimum absolute atomic E-state index is 0.859. The molecule has 256 valence electrons. The Morgan fingerprint density at radius 1 is 0.333 bits per heavy atom. The molecule has 0 fully saturated rings. The zero-order valence-electron chi connectivity index (χ0n) is 29.0. The average Bonchev–Trinajstić information content (AvgIpc) is 3.07. The maximum atomic E-state index is 5.12. The first kappa shape index (κ1) is 40.6. The van der Waals surface area contributed by atoms with Crippen LogP contribution >= 0.6 is 35.3 Å². The van der Waals surface area contributed by atoms with Crippen molar-refractivity contribution < 1.29 is 9.47 Å². The Morgan fingerprint density at radius 2 is 0.622 bits per heavy atom. The first-order chi connectivity index (χ1) is 22.3. The van der Waals surface area contributed by atoms with Gasteiger partial charge < -0.3 is 9.47 Å². The van der Waals surface area contributed by atoms with E-state index in [9.17, 15) is 0 Å². The Morgan fingerprint density at radius 3 is 0.978 bits per heavy atom. The smallest absolute Gasteiger partial charge is 0.0552 e. The van der Waals surface area contributed by atoms with E-state index < -0.39 is 0 Å². The molecule has 0 bridgehead atoms. The van der Waals surface area contributed by atoms with Crippen LogP contribution in [0.4, 0.5) is 0 Å². The summed E-state index contributed by atoms with van der Waals surface area (Å²) < 4.78 is 10.2. The molecule has 5 heteroatoms. The molecule has 0 heterocycles. The van der Waals surface area contributed by atoms with Gasteiger partial charge in [0.1, 0.15) is 0 Å². The van der Waals surface area contributed by atoms with Gasteiger partial charge in [-0.05, 0) is 96.6 Å².